The summed E-state index contributed by atoms with van der Waals surface area (Å²) in [7, 11) is 0. The number of rotatable bonds is 5. The number of hydrogen-bond acceptors (Lipinski definition) is 4. The summed E-state index contributed by atoms with van der Waals surface area (Å²) in [6, 6.07) is 4.79. The molecule has 2 aliphatic rings. The molecule has 4 nitrogen and oxygen atoms in total. The number of aromatic nitrogens is 1. The van der Waals surface area contributed by atoms with E-state index in [1.165, 1.54) is 18.4 Å². The zero-order valence-electron chi connectivity index (χ0n) is 10.1. The molecule has 1 aliphatic heterocycles. The molecule has 1 saturated carbocycles. The van der Waals surface area contributed by atoms with Gasteiger partial charge in [-0.3, -0.25) is 0 Å². The summed E-state index contributed by atoms with van der Waals surface area (Å²) >= 11 is 0. The van der Waals surface area contributed by atoms with E-state index in [9.17, 15) is 0 Å². The van der Waals surface area contributed by atoms with Gasteiger partial charge in [0.05, 0.1) is 13.2 Å². The van der Waals surface area contributed by atoms with Crippen LogP contribution in [0.25, 0.3) is 0 Å². The van der Waals surface area contributed by atoms with E-state index in [1.54, 1.807) is 0 Å². The Morgan fingerprint density at radius 2 is 2.24 bits per heavy atom. The molecule has 1 N–H and O–H groups in total. The smallest absolute Gasteiger partial charge is 0.213 e. The van der Waals surface area contributed by atoms with Crippen LogP contribution in [-0.4, -0.2) is 30.3 Å². The van der Waals surface area contributed by atoms with Crippen molar-refractivity contribution in [1.82, 2.24) is 10.3 Å². The summed E-state index contributed by atoms with van der Waals surface area (Å²) in [6.07, 6.45) is 2.82. The molecule has 0 radical (unpaired) electrons. The summed E-state index contributed by atoms with van der Waals surface area (Å²) in [4.78, 5) is 4.48. The van der Waals surface area contributed by atoms with Gasteiger partial charge in [0.1, 0.15) is 6.10 Å². The predicted molar refractivity (Wildman–Crippen MR) is 64.1 cm³/mol. The van der Waals surface area contributed by atoms with Gasteiger partial charge in [0, 0.05) is 24.3 Å². The van der Waals surface area contributed by atoms with Gasteiger partial charge in [0.2, 0.25) is 5.88 Å². The number of hydrogen-bond donors (Lipinski definition) is 1. The van der Waals surface area contributed by atoms with E-state index in [0.29, 0.717) is 19.1 Å². The molecule has 0 spiro atoms. The quantitative estimate of drug-likeness (QED) is 0.836. The van der Waals surface area contributed by atoms with Crippen LogP contribution < -0.4 is 10.1 Å². The molecule has 1 saturated heterocycles. The number of aryl methyl sites for hydroxylation is 1. The fourth-order valence-electron chi connectivity index (χ4n) is 1.81. The molecule has 0 aromatic carbocycles. The minimum absolute atomic E-state index is 0.192. The highest BCUT2D eigenvalue weighted by molar-refractivity contribution is 5.25. The number of nitrogens with one attached hydrogen (secondary N) is 1. The van der Waals surface area contributed by atoms with Crippen LogP contribution in [0.15, 0.2) is 12.1 Å². The van der Waals surface area contributed by atoms with Crippen molar-refractivity contribution in [2.24, 2.45) is 0 Å². The molecule has 1 aliphatic carbocycles. The summed E-state index contributed by atoms with van der Waals surface area (Å²) in [5.74, 6) is 0.714. The Morgan fingerprint density at radius 3 is 2.82 bits per heavy atom. The second-order valence-corrected chi connectivity index (χ2v) is 4.83. The van der Waals surface area contributed by atoms with Crippen LogP contribution >= 0.6 is 0 Å². The van der Waals surface area contributed by atoms with E-state index in [-0.39, 0.29) is 6.10 Å². The summed E-state index contributed by atoms with van der Waals surface area (Å²) in [5.41, 5.74) is 2.31. The maximum atomic E-state index is 5.67. The van der Waals surface area contributed by atoms with Gasteiger partial charge in [0.25, 0.3) is 0 Å². The zero-order valence-corrected chi connectivity index (χ0v) is 10.1. The SMILES string of the molecule is Cc1nc(OC2COC2)ccc1CNC1CC1. The average Bonchev–Trinajstić information content (AvgIpc) is 3.06. The second-order valence-electron chi connectivity index (χ2n) is 4.83. The molecule has 2 fully saturated rings. The van der Waals surface area contributed by atoms with Crippen LogP contribution in [0, 0.1) is 6.92 Å². The Labute approximate surface area is 101 Å². The van der Waals surface area contributed by atoms with Crippen LogP contribution in [0.5, 0.6) is 5.88 Å². The summed E-state index contributed by atoms with van der Waals surface area (Å²) in [5, 5.41) is 3.50. The number of nitrogens with zero attached hydrogens (tertiary/aromatic N) is 1. The van der Waals surface area contributed by atoms with Crippen LogP contribution in [0.1, 0.15) is 24.1 Å². The number of ether oxygens (including phenoxy) is 2. The van der Waals surface area contributed by atoms with Crippen LogP contribution in [0.2, 0.25) is 0 Å². The Hall–Kier alpha value is -1.13. The Kier molecular flexibility index (Phi) is 2.99. The van der Waals surface area contributed by atoms with Crippen LogP contribution in [0.4, 0.5) is 0 Å². The third-order valence-electron chi connectivity index (χ3n) is 3.22. The minimum Gasteiger partial charge on any atom is -0.469 e. The maximum Gasteiger partial charge on any atom is 0.213 e. The predicted octanol–water partition coefficient (Wildman–Crippen LogP) is 1.42. The van der Waals surface area contributed by atoms with E-state index in [0.717, 1.165) is 18.3 Å². The third kappa shape index (κ3) is 2.76. The molecule has 92 valence electrons. The molecular weight excluding hydrogens is 216 g/mol. The zero-order chi connectivity index (χ0) is 11.7. The normalized spacial score (nSPS) is 20.1. The molecule has 0 atom stereocenters. The lowest BCUT2D eigenvalue weighted by Gasteiger charge is -2.26. The largest absolute Gasteiger partial charge is 0.469 e. The number of pyridine rings is 1. The van der Waals surface area contributed by atoms with Gasteiger partial charge in [0.15, 0.2) is 0 Å². The maximum absolute atomic E-state index is 5.67. The lowest BCUT2D eigenvalue weighted by Crippen LogP contribution is -2.38. The van der Waals surface area contributed by atoms with Crippen molar-refractivity contribution >= 4 is 0 Å². The van der Waals surface area contributed by atoms with Gasteiger partial charge in [-0.05, 0) is 25.3 Å². The Balaban J connectivity index is 1.60. The van der Waals surface area contributed by atoms with Gasteiger partial charge < -0.3 is 14.8 Å². The molecule has 3 rings (SSSR count). The lowest BCUT2D eigenvalue weighted by molar-refractivity contribution is -0.0813. The first-order chi connectivity index (χ1) is 8.31. The first-order valence-corrected chi connectivity index (χ1v) is 6.25. The van der Waals surface area contributed by atoms with Gasteiger partial charge in [-0.1, -0.05) is 6.07 Å². The first kappa shape index (κ1) is 11.0. The molecule has 17 heavy (non-hydrogen) atoms. The molecule has 2 heterocycles. The molecule has 0 amide bonds. The lowest BCUT2D eigenvalue weighted by atomic mass is 10.2. The molecule has 0 bridgehead atoms. The highest BCUT2D eigenvalue weighted by Crippen LogP contribution is 2.21. The molecule has 1 aromatic rings. The van der Waals surface area contributed by atoms with Crippen molar-refractivity contribution in [3.63, 3.8) is 0 Å². The summed E-state index contributed by atoms with van der Waals surface area (Å²) < 4.78 is 10.7. The van der Waals surface area contributed by atoms with Crippen molar-refractivity contribution in [2.45, 2.75) is 38.5 Å². The highest BCUT2D eigenvalue weighted by Gasteiger charge is 2.22. The van der Waals surface area contributed by atoms with Crippen molar-refractivity contribution in [3.05, 3.63) is 23.4 Å². The van der Waals surface area contributed by atoms with E-state index in [2.05, 4.69) is 16.4 Å². The van der Waals surface area contributed by atoms with Crippen LogP contribution in [0.3, 0.4) is 0 Å². The Morgan fingerprint density at radius 1 is 1.41 bits per heavy atom. The first-order valence-electron chi connectivity index (χ1n) is 6.25. The monoisotopic (exact) mass is 234 g/mol. The fraction of sp³-hybridized carbons (Fsp3) is 0.615. The standard InChI is InChI=1S/C13H18N2O2/c1-9-10(6-14-11-3-4-11)2-5-13(15-9)17-12-7-16-8-12/h2,5,11-12,14H,3-4,6-8H2,1H3. The van der Waals surface area contributed by atoms with Gasteiger partial charge >= 0.3 is 0 Å². The van der Waals surface area contributed by atoms with E-state index < -0.39 is 0 Å². The minimum atomic E-state index is 0.192. The molecule has 4 heteroatoms. The van der Waals surface area contributed by atoms with E-state index in [4.69, 9.17) is 9.47 Å². The Bertz CT molecular complexity index is 400. The van der Waals surface area contributed by atoms with E-state index >= 15 is 0 Å². The average molecular weight is 234 g/mol. The molecular formula is C13H18N2O2. The van der Waals surface area contributed by atoms with Crippen molar-refractivity contribution < 1.29 is 9.47 Å². The molecule has 0 unspecified atom stereocenters. The molecule has 1 aromatic heterocycles. The summed E-state index contributed by atoms with van der Waals surface area (Å²) in [6.45, 7) is 4.32. The van der Waals surface area contributed by atoms with Gasteiger partial charge in [-0.2, -0.15) is 0 Å². The van der Waals surface area contributed by atoms with Crippen LogP contribution in [-0.2, 0) is 11.3 Å². The van der Waals surface area contributed by atoms with Crippen molar-refractivity contribution in [3.8, 4) is 5.88 Å². The highest BCUT2D eigenvalue weighted by atomic mass is 16.6. The van der Waals surface area contributed by atoms with Crippen molar-refractivity contribution in [2.75, 3.05) is 13.2 Å². The van der Waals surface area contributed by atoms with E-state index in [1.807, 2.05) is 13.0 Å². The fourth-order valence-corrected chi connectivity index (χ4v) is 1.81. The second kappa shape index (κ2) is 4.63. The topological polar surface area (TPSA) is 43.4 Å². The van der Waals surface area contributed by atoms with Crippen molar-refractivity contribution in [1.29, 1.82) is 0 Å². The third-order valence-corrected chi connectivity index (χ3v) is 3.22. The van der Waals surface area contributed by atoms with Gasteiger partial charge in [-0.15, -0.1) is 0 Å². The van der Waals surface area contributed by atoms with Gasteiger partial charge in [-0.25, -0.2) is 4.98 Å².